The van der Waals surface area contributed by atoms with Gasteiger partial charge in [-0.25, -0.2) is 0 Å². The van der Waals surface area contributed by atoms with Gasteiger partial charge in [-0.1, -0.05) is 13.3 Å². The molecule has 4 heteroatoms. The molecule has 1 aliphatic rings. The third-order valence-corrected chi connectivity index (χ3v) is 2.49. The summed E-state index contributed by atoms with van der Waals surface area (Å²) in [5.74, 6) is -0.478. The van der Waals surface area contributed by atoms with E-state index in [0.717, 1.165) is 12.8 Å². The molecule has 3 atom stereocenters. The van der Waals surface area contributed by atoms with E-state index in [-0.39, 0.29) is 12.1 Å². The highest BCUT2D eigenvalue weighted by Gasteiger charge is 2.37. The van der Waals surface area contributed by atoms with Gasteiger partial charge < -0.3 is 19.9 Å². The van der Waals surface area contributed by atoms with Gasteiger partial charge in [-0.05, 0) is 6.92 Å². The molecule has 0 aliphatic carbocycles. The lowest BCUT2D eigenvalue weighted by molar-refractivity contribution is -0.297. The average Bonchev–Trinajstić information content (AvgIpc) is 2.13. The van der Waals surface area contributed by atoms with E-state index in [9.17, 15) is 0 Å². The third-order valence-electron chi connectivity index (χ3n) is 2.49. The maximum atomic E-state index is 5.85. The van der Waals surface area contributed by atoms with Crippen molar-refractivity contribution in [3.63, 3.8) is 0 Å². The van der Waals surface area contributed by atoms with Crippen molar-refractivity contribution in [2.24, 2.45) is 5.73 Å². The molecule has 1 rings (SSSR count). The van der Waals surface area contributed by atoms with Crippen LogP contribution in [0.4, 0.5) is 0 Å². The zero-order chi connectivity index (χ0) is 10.6. The summed E-state index contributed by atoms with van der Waals surface area (Å²) in [5.41, 5.74) is 5.85. The molecular weight excluding hydrogens is 182 g/mol. The van der Waals surface area contributed by atoms with Crippen LogP contribution in [0.3, 0.4) is 0 Å². The minimum absolute atomic E-state index is 0.0506. The molecule has 0 spiro atoms. The first-order valence-corrected chi connectivity index (χ1v) is 5.17. The Morgan fingerprint density at radius 1 is 1.57 bits per heavy atom. The van der Waals surface area contributed by atoms with Gasteiger partial charge in [0.25, 0.3) is 0 Å². The van der Waals surface area contributed by atoms with E-state index in [0.29, 0.717) is 13.2 Å². The second kappa shape index (κ2) is 5.07. The molecular formula is C10H21NO3. The smallest absolute Gasteiger partial charge is 0.166 e. The Morgan fingerprint density at radius 3 is 2.86 bits per heavy atom. The van der Waals surface area contributed by atoms with E-state index >= 15 is 0 Å². The van der Waals surface area contributed by atoms with Gasteiger partial charge >= 0.3 is 0 Å². The number of rotatable bonds is 4. The van der Waals surface area contributed by atoms with E-state index in [1.54, 1.807) is 7.11 Å². The molecule has 14 heavy (non-hydrogen) atoms. The van der Waals surface area contributed by atoms with Gasteiger partial charge in [-0.3, -0.25) is 0 Å². The molecule has 0 aromatic heterocycles. The summed E-state index contributed by atoms with van der Waals surface area (Å²) < 4.78 is 16.4. The van der Waals surface area contributed by atoms with Gasteiger partial charge in [0.15, 0.2) is 5.79 Å². The molecule has 3 unspecified atom stereocenters. The summed E-state index contributed by atoms with van der Waals surface area (Å²) in [6.45, 7) is 5.15. The van der Waals surface area contributed by atoms with E-state index in [4.69, 9.17) is 19.9 Å². The summed E-state index contributed by atoms with van der Waals surface area (Å²) in [6.07, 6.45) is 1.87. The second-order valence-electron chi connectivity index (χ2n) is 3.97. The minimum atomic E-state index is -0.478. The van der Waals surface area contributed by atoms with Crippen LogP contribution in [-0.2, 0) is 14.2 Å². The summed E-state index contributed by atoms with van der Waals surface area (Å²) in [4.78, 5) is 0. The Balaban J connectivity index is 2.51. The zero-order valence-electron chi connectivity index (χ0n) is 9.29. The normalized spacial score (nSPS) is 38.6. The van der Waals surface area contributed by atoms with Crippen LogP contribution in [-0.4, -0.2) is 38.3 Å². The standard InChI is InChI=1S/C10H21NO3/c1-4-5-10(2)13-6-8(11)9(14-10)7-12-3/h8-9H,4-7,11H2,1-3H3. The monoisotopic (exact) mass is 203 g/mol. The highest BCUT2D eigenvalue weighted by molar-refractivity contribution is 4.81. The lowest BCUT2D eigenvalue weighted by Crippen LogP contribution is -2.55. The maximum Gasteiger partial charge on any atom is 0.166 e. The van der Waals surface area contributed by atoms with E-state index < -0.39 is 5.79 Å². The molecule has 0 aromatic rings. The fraction of sp³-hybridized carbons (Fsp3) is 1.00. The first-order chi connectivity index (χ1) is 6.61. The fourth-order valence-corrected chi connectivity index (χ4v) is 1.73. The molecule has 2 N–H and O–H groups in total. The van der Waals surface area contributed by atoms with Crippen molar-refractivity contribution in [2.45, 2.75) is 44.6 Å². The summed E-state index contributed by atoms with van der Waals surface area (Å²) >= 11 is 0. The van der Waals surface area contributed by atoms with Crippen molar-refractivity contribution < 1.29 is 14.2 Å². The van der Waals surface area contributed by atoms with Gasteiger partial charge in [0, 0.05) is 13.5 Å². The number of hydrogen-bond donors (Lipinski definition) is 1. The number of methoxy groups -OCH3 is 1. The van der Waals surface area contributed by atoms with Crippen LogP contribution in [0.1, 0.15) is 26.7 Å². The summed E-state index contributed by atoms with van der Waals surface area (Å²) in [6, 6.07) is -0.0834. The quantitative estimate of drug-likeness (QED) is 0.737. The predicted molar refractivity (Wildman–Crippen MR) is 54.0 cm³/mol. The van der Waals surface area contributed by atoms with E-state index in [1.165, 1.54) is 0 Å². The van der Waals surface area contributed by atoms with Crippen LogP contribution in [0.15, 0.2) is 0 Å². The van der Waals surface area contributed by atoms with E-state index in [2.05, 4.69) is 6.92 Å². The molecule has 1 aliphatic heterocycles. The molecule has 84 valence electrons. The van der Waals surface area contributed by atoms with Crippen LogP contribution in [0.25, 0.3) is 0 Å². The number of ether oxygens (including phenoxy) is 3. The summed E-state index contributed by atoms with van der Waals surface area (Å²) in [5, 5.41) is 0. The zero-order valence-corrected chi connectivity index (χ0v) is 9.29. The topological polar surface area (TPSA) is 53.7 Å². The Hall–Kier alpha value is -0.160. The first kappa shape index (κ1) is 11.9. The molecule has 0 bridgehead atoms. The lowest BCUT2D eigenvalue weighted by atomic mass is 10.1. The van der Waals surface area contributed by atoms with Gasteiger partial charge in [-0.2, -0.15) is 0 Å². The molecule has 1 saturated heterocycles. The highest BCUT2D eigenvalue weighted by Crippen LogP contribution is 2.26. The summed E-state index contributed by atoms with van der Waals surface area (Å²) in [7, 11) is 1.66. The molecule has 1 fully saturated rings. The van der Waals surface area contributed by atoms with Crippen LogP contribution < -0.4 is 5.73 Å². The minimum Gasteiger partial charge on any atom is -0.382 e. The molecule has 4 nitrogen and oxygen atoms in total. The Kier molecular flexibility index (Phi) is 4.31. The van der Waals surface area contributed by atoms with E-state index in [1.807, 2.05) is 6.92 Å². The van der Waals surface area contributed by atoms with Crippen molar-refractivity contribution in [1.82, 2.24) is 0 Å². The Bertz CT molecular complexity index is 177. The molecule has 0 aromatic carbocycles. The Morgan fingerprint density at radius 2 is 2.29 bits per heavy atom. The van der Waals surface area contributed by atoms with Gasteiger partial charge in [0.1, 0.15) is 6.10 Å². The van der Waals surface area contributed by atoms with Crippen molar-refractivity contribution >= 4 is 0 Å². The first-order valence-electron chi connectivity index (χ1n) is 5.17. The van der Waals surface area contributed by atoms with Crippen molar-refractivity contribution in [3.05, 3.63) is 0 Å². The largest absolute Gasteiger partial charge is 0.382 e. The maximum absolute atomic E-state index is 5.85. The predicted octanol–water partition coefficient (Wildman–Crippen LogP) is 0.892. The van der Waals surface area contributed by atoms with Crippen LogP contribution in [0.2, 0.25) is 0 Å². The van der Waals surface area contributed by atoms with Crippen LogP contribution >= 0.6 is 0 Å². The van der Waals surface area contributed by atoms with Crippen molar-refractivity contribution in [2.75, 3.05) is 20.3 Å². The van der Waals surface area contributed by atoms with Crippen LogP contribution in [0, 0.1) is 0 Å². The van der Waals surface area contributed by atoms with Gasteiger partial charge in [-0.15, -0.1) is 0 Å². The molecule has 0 amide bonds. The number of hydrogen-bond acceptors (Lipinski definition) is 4. The highest BCUT2D eigenvalue weighted by atomic mass is 16.7. The third kappa shape index (κ3) is 2.92. The molecule has 0 saturated carbocycles. The van der Waals surface area contributed by atoms with Crippen molar-refractivity contribution in [1.29, 1.82) is 0 Å². The Labute approximate surface area is 85.7 Å². The lowest BCUT2D eigenvalue weighted by Gasteiger charge is -2.41. The van der Waals surface area contributed by atoms with Gasteiger partial charge in [0.2, 0.25) is 0 Å². The van der Waals surface area contributed by atoms with Crippen LogP contribution in [0.5, 0.6) is 0 Å². The second-order valence-corrected chi connectivity index (χ2v) is 3.97. The van der Waals surface area contributed by atoms with Gasteiger partial charge in [0.05, 0.1) is 19.3 Å². The fourth-order valence-electron chi connectivity index (χ4n) is 1.73. The SMILES string of the molecule is CCCC1(C)OCC(N)C(COC)O1. The average molecular weight is 203 g/mol. The number of nitrogens with two attached hydrogens (primary N) is 1. The van der Waals surface area contributed by atoms with Crippen molar-refractivity contribution in [3.8, 4) is 0 Å². The molecule has 0 radical (unpaired) electrons. The molecule has 1 heterocycles.